The van der Waals surface area contributed by atoms with Crippen LogP contribution in [0, 0.1) is 5.92 Å². The van der Waals surface area contributed by atoms with Gasteiger partial charge in [-0.15, -0.1) is 0 Å². The highest BCUT2D eigenvalue weighted by Crippen LogP contribution is 2.28. The summed E-state index contributed by atoms with van der Waals surface area (Å²) >= 11 is 0. The molecule has 0 amide bonds. The first-order valence-electron chi connectivity index (χ1n) is 7.64. The summed E-state index contributed by atoms with van der Waals surface area (Å²) < 4.78 is 0. The van der Waals surface area contributed by atoms with Crippen molar-refractivity contribution < 1.29 is 0 Å². The van der Waals surface area contributed by atoms with Gasteiger partial charge in [-0.3, -0.25) is 0 Å². The Morgan fingerprint density at radius 2 is 1.59 bits per heavy atom. The largest absolute Gasteiger partial charge is 0.309 e. The number of hydrogen-bond donors (Lipinski definition) is 0. The normalized spacial score (nSPS) is 25.6. The SMILES string of the molecule is CN(C)CCC1CCN(C2CCCCC2)CC1. The maximum Gasteiger partial charge on any atom is 0.00952 e. The zero-order valence-corrected chi connectivity index (χ0v) is 11.8. The van der Waals surface area contributed by atoms with Gasteiger partial charge in [-0.1, -0.05) is 19.3 Å². The second-order valence-corrected chi connectivity index (χ2v) is 6.36. The maximum atomic E-state index is 2.80. The molecular formula is C15H30N2. The number of likely N-dealkylation sites (tertiary alicyclic amines) is 1. The molecule has 100 valence electrons. The van der Waals surface area contributed by atoms with Crippen LogP contribution < -0.4 is 0 Å². The van der Waals surface area contributed by atoms with Crippen LogP contribution in [0.4, 0.5) is 0 Å². The van der Waals surface area contributed by atoms with Gasteiger partial charge in [0.05, 0.1) is 0 Å². The van der Waals surface area contributed by atoms with Gasteiger partial charge >= 0.3 is 0 Å². The van der Waals surface area contributed by atoms with Gasteiger partial charge in [0, 0.05) is 6.04 Å². The first-order chi connectivity index (χ1) is 8.25. The minimum absolute atomic E-state index is 0.943. The summed E-state index contributed by atoms with van der Waals surface area (Å²) in [4.78, 5) is 5.12. The van der Waals surface area contributed by atoms with Crippen molar-refractivity contribution in [2.45, 2.75) is 57.4 Å². The van der Waals surface area contributed by atoms with E-state index in [1.807, 2.05) is 0 Å². The van der Waals surface area contributed by atoms with Crippen molar-refractivity contribution in [3.05, 3.63) is 0 Å². The maximum absolute atomic E-state index is 2.80. The molecule has 1 saturated heterocycles. The molecule has 0 radical (unpaired) electrons. The zero-order chi connectivity index (χ0) is 12.1. The van der Waals surface area contributed by atoms with Crippen molar-refractivity contribution in [2.24, 2.45) is 5.92 Å². The zero-order valence-electron chi connectivity index (χ0n) is 11.8. The Hall–Kier alpha value is -0.0800. The Morgan fingerprint density at radius 3 is 2.18 bits per heavy atom. The Bertz CT molecular complexity index is 201. The first-order valence-corrected chi connectivity index (χ1v) is 7.64. The Balaban J connectivity index is 1.66. The fourth-order valence-electron chi connectivity index (χ4n) is 3.49. The molecular weight excluding hydrogens is 208 g/mol. The number of rotatable bonds is 4. The highest BCUT2D eigenvalue weighted by Gasteiger charge is 2.25. The quantitative estimate of drug-likeness (QED) is 0.743. The topological polar surface area (TPSA) is 6.48 Å². The Labute approximate surface area is 107 Å². The van der Waals surface area contributed by atoms with E-state index >= 15 is 0 Å². The highest BCUT2D eigenvalue weighted by atomic mass is 15.2. The van der Waals surface area contributed by atoms with Gasteiger partial charge in [0.15, 0.2) is 0 Å². The fourth-order valence-corrected chi connectivity index (χ4v) is 3.49. The molecule has 0 spiro atoms. The summed E-state index contributed by atoms with van der Waals surface area (Å²) in [5.74, 6) is 0.997. The summed E-state index contributed by atoms with van der Waals surface area (Å²) in [6.45, 7) is 4.03. The van der Waals surface area contributed by atoms with Crippen LogP contribution in [0.1, 0.15) is 51.4 Å². The molecule has 2 rings (SSSR count). The lowest BCUT2D eigenvalue weighted by Crippen LogP contribution is -2.42. The number of nitrogens with zero attached hydrogens (tertiary/aromatic N) is 2. The summed E-state index contributed by atoms with van der Waals surface area (Å²) in [6, 6.07) is 0.943. The van der Waals surface area contributed by atoms with Crippen molar-refractivity contribution in [2.75, 3.05) is 33.7 Å². The van der Waals surface area contributed by atoms with Gasteiger partial charge in [0.25, 0.3) is 0 Å². The third-order valence-corrected chi connectivity index (χ3v) is 4.72. The van der Waals surface area contributed by atoms with Crippen molar-refractivity contribution in [1.82, 2.24) is 9.80 Å². The fraction of sp³-hybridized carbons (Fsp3) is 1.00. The minimum Gasteiger partial charge on any atom is -0.309 e. The standard InChI is InChI=1S/C15H30N2/c1-16(2)11-8-14-9-12-17(13-10-14)15-6-4-3-5-7-15/h14-15H,3-13H2,1-2H3. The molecule has 1 aliphatic carbocycles. The second-order valence-electron chi connectivity index (χ2n) is 6.36. The van der Waals surface area contributed by atoms with E-state index in [2.05, 4.69) is 23.9 Å². The molecule has 1 saturated carbocycles. The van der Waals surface area contributed by atoms with Gasteiger partial charge in [-0.05, 0) is 71.8 Å². The molecule has 0 aromatic rings. The van der Waals surface area contributed by atoms with E-state index in [1.54, 1.807) is 0 Å². The van der Waals surface area contributed by atoms with Crippen molar-refractivity contribution in [3.8, 4) is 0 Å². The van der Waals surface area contributed by atoms with Crippen LogP contribution in [0.25, 0.3) is 0 Å². The van der Waals surface area contributed by atoms with Crippen LogP contribution in [0.15, 0.2) is 0 Å². The summed E-state index contributed by atoms with van der Waals surface area (Å²) in [5.41, 5.74) is 0. The molecule has 0 aromatic heterocycles. The lowest BCUT2D eigenvalue weighted by Gasteiger charge is -2.39. The van der Waals surface area contributed by atoms with Gasteiger partial charge in [0.1, 0.15) is 0 Å². The van der Waals surface area contributed by atoms with E-state index in [9.17, 15) is 0 Å². The van der Waals surface area contributed by atoms with Crippen molar-refractivity contribution >= 4 is 0 Å². The molecule has 2 nitrogen and oxygen atoms in total. The predicted molar refractivity (Wildman–Crippen MR) is 74.3 cm³/mol. The highest BCUT2D eigenvalue weighted by molar-refractivity contribution is 4.80. The van der Waals surface area contributed by atoms with Gasteiger partial charge in [-0.2, -0.15) is 0 Å². The first kappa shape index (κ1) is 13.4. The molecule has 2 heteroatoms. The van der Waals surface area contributed by atoms with E-state index in [1.165, 1.54) is 71.0 Å². The van der Waals surface area contributed by atoms with E-state index in [4.69, 9.17) is 0 Å². The van der Waals surface area contributed by atoms with Gasteiger partial charge in [0.2, 0.25) is 0 Å². The van der Waals surface area contributed by atoms with E-state index < -0.39 is 0 Å². The smallest absolute Gasteiger partial charge is 0.00952 e. The van der Waals surface area contributed by atoms with Gasteiger partial charge < -0.3 is 9.80 Å². The molecule has 1 aliphatic heterocycles. The lowest BCUT2D eigenvalue weighted by molar-refractivity contribution is 0.102. The monoisotopic (exact) mass is 238 g/mol. The van der Waals surface area contributed by atoms with E-state index in [0.29, 0.717) is 0 Å². The third kappa shape index (κ3) is 4.26. The van der Waals surface area contributed by atoms with Crippen LogP contribution in [0.3, 0.4) is 0 Å². The molecule has 0 aromatic carbocycles. The predicted octanol–water partition coefficient (Wildman–Crippen LogP) is 2.98. The van der Waals surface area contributed by atoms with Crippen LogP contribution in [0.2, 0.25) is 0 Å². The molecule has 2 fully saturated rings. The molecule has 2 aliphatic rings. The van der Waals surface area contributed by atoms with Gasteiger partial charge in [-0.25, -0.2) is 0 Å². The summed E-state index contributed by atoms with van der Waals surface area (Å²) in [7, 11) is 4.38. The van der Waals surface area contributed by atoms with Crippen LogP contribution in [0.5, 0.6) is 0 Å². The second kappa shape index (κ2) is 6.75. The third-order valence-electron chi connectivity index (χ3n) is 4.72. The number of piperidine rings is 1. The Kier molecular flexibility index (Phi) is 5.30. The Morgan fingerprint density at radius 1 is 0.941 bits per heavy atom. The van der Waals surface area contributed by atoms with Crippen molar-refractivity contribution in [1.29, 1.82) is 0 Å². The average molecular weight is 238 g/mol. The minimum atomic E-state index is 0.943. The van der Waals surface area contributed by atoms with Crippen molar-refractivity contribution in [3.63, 3.8) is 0 Å². The summed E-state index contributed by atoms with van der Waals surface area (Å²) in [6.07, 6.45) is 11.7. The molecule has 17 heavy (non-hydrogen) atoms. The average Bonchev–Trinajstić information content (AvgIpc) is 2.38. The van der Waals surface area contributed by atoms with Crippen LogP contribution in [-0.4, -0.2) is 49.6 Å². The van der Waals surface area contributed by atoms with E-state index in [0.717, 1.165) is 12.0 Å². The van der Waals surface area contributed by atoms with E-state index in [-0.39, 0.29) is 0 Å². The lowest BCUT2D eigenvalue weighted by atomic mass is 9.89. The number of hydrogen-bond acceptors (Lipinski definition) is 2. The van der Waals surface area contributed by atoms with Crippen LogP contribution in [-0.2, 0) is 0 Å². The van der Waals surface area contributed by atoms with Crippen LogP contribution >= 0.6 is 0 Å². The molecule has 0 bridgehead atoms. The molecule has 1 heterocycles. The molecule has 0 atom stereocenters. The summed E-state index contributed by atoms with van der Waals surface area (Å²) in [5, 5.41) is 0. The molecule has 0 unspecified atom stereocenters. The molecule has 0 N–H and O–H groups in total.